The first-order valence-corrected chi connectivity index (χ1v) is 11.4. The van der Waals surface area contributed by atoms with E-state index < -0.39 is 12.1 Å². The molecule has 3 aliphatic heterocycles. The Morgan fingerprint density at radius 3 is 2.50 bits per heavy atom. The molecule has 0 aliphatic carbocycles. The van der Waals surface area contributed by atoms with E-state index in [4.69, 9.17) is 9.47 Å². The van der Waals surface area contributed by atoms with E-state index in [1.807, 2.05) is 24.3 Å². The Balaban J connectivity index is 1.37. The van der Waals surface area contributed by atoms with Crippen LogP contribution in [-0.4, -0.2) is 91.1 Å². The fourth-order valence-corrected chi connectivity index (χ4v) is 4.77. The lowest BCUT2D eigenvalue weighted by Crippen LogP contribution is -2.56. The van der Waals surface area contributed by atoms with Crippen molar-refractivity contribution in [3.05, 3.63) is 29.8 Å². The minimum atomic E-state index is -0.492. The molecule has 1 aromatic carbocycles. The topological polar surface area (TPSA) is 91.4 Å². The maximum absolute atomic E-state index is 13.4. The summed E-state index contributed by atoms with van der Waals surface area (Å²) in [7, 11) is 1.61. The van der Waals surface area contributed by atoms with E-state index >= 15 is 0 Å². The smallest absolute Gasteiger partial charge is 0.320 e. The van der Waals surface area contributed by atoms with Crippen molar-refractivity contribution in [2.75, 3.05) is 46.5 Å². The maximum atomic E-state index is 13.4. The molecule has 32 heavy (non-hydrogen) atoms. The van der Waals surface area contributed by atoms with E-state index in [1.165, 1.54) is 0 Å². The third kappa shape index (κ3) is 4.82. The van der Waals surface area contributed by atoms with Crippen molar-refractivity contribution in [3.8, 4) is 5.75 Å². The number of hydrogen-bond acceptors (Lipinski definition) is 5. The fourth-order valence-electron chi connectivity index (χ4n) is 4.77. The standard InChI is InChI=1S/C23H32N4O5/c1-31-18-6-2-5-17(15-18)16-24-21(28)19-7-3-9-26(19)22(29)20-8-4-10-27(20)23(30)25-11-13-32-14-12-25/h2,5-6,15,19-20H,3-4,7-14,16H2,1H3,(H,24,28)/t19-,20-/m1/s1. The molecule has 1 N–H and O–H groups in total. The SMILES string of the molecule is COc1cccc(CNC(=O)[C@H]2CCCN2C(=O)[C@H]2CCCN2C(=O)N2CCOCC2)c1. The Labute approximate surface area is 188 Å². The first-order valence-electron chi connectivity index (χ1n) is 11.4. The second kappa shape index (κ2) is 10.2. The van der Waals surface area contributed by atoms with Gasteiger partial charge in [0.25, 0.3) is 0 Å². The van der Waals surface area contributed by atoms with Gasteiger partial charge in [-0.3, -0.25) is 9.59 Å². The Morgan fingerprint density at radius 2 is 1.75 bits per heavy atom. The lowest BCUT2D eigenvalue weighted by molar-refractivity contribution is -0.141. The maximum Gasteiger partial charge on any atom is 0.320 e. The van der Waals surface area contributed by atoms with Crippen LogP contribution in [0.2, 0.25) is 0 Å². The van der Waals surface area contributed by atoms with Crippen LogP contribution < -0.4 is 10.1 Å². The minimum Gasteiger partial charge on any atom is -0.497 e. The van der Waals surface area contributed by atoms with E-state index in [-0.39, 0.29) is 17.8 Å². The van der Waals surface area contributed by atoms with Gasteiger partial charge in [0.05, 0.1) is 20.3 Å². The van der Waals surface area contributed by atoms with Gasteiger partial charge < -0.3 is 29.5 Å². The average Bonchev–Trinajstić information content (AvgIpc) is 3.52. The molecule has 0 saturated carbocycles. The number of carbonyl (C=O) groups excluding carboxylic acids is 3. The molecule has 9 heteroatoms. The highest BCUT2D eigenvalue weighted by atomic mass is 16.5. The van der Waals surface area contributed by atoms with Gasteiger partial charge in [-0.05, 0) is 43.4 Å². The Hall–Kier alpha value is -2.81. The van der Waals surface area contributed by atoms with Crippen molar-refractivity contribution in [3.63, 3.8) is 0 Å². The summed E-state index contributed by atoms with van der Waals surface area (Å²) in [5.74, 6) is 0.478. The van der Waals surface area contributed by atoms with Crippen LogP contribution in [0, 0.1) is 0 Å². The molecule has 3 saturated heterocycles. The number of methoxy groups -OCH3 is 1. The van der Waals surface area contributed by atoms with Gasteiger partial charge in [0.1, 0.15) is 17.8 Å². The number of ether oxygens (including phenoxy) is 2. The zero-order chi connectivity index (χ0) is 22.5. The second-order valence-electron chi connectivity index (χ2n) is 8.49. The molecular weight excluding hydrogens is 412 g/mol. The van der Waals surface area contributed by atoms with Gasteiger partial charge in [-0.15, -0.1) is 0 Å². The quantitative estimate of drug-likeness (QED) is 0.737. The molecule has 0 unspecified atom stereocenters. The van der Waals surface area contributed by atoms with Gasteiger partial charge in [-0.2, -0.15) is 0 Å². The number of urea groups is 1. The average molecular weight is 445 g/mol. The van der Waals surface area contributed by atoms with E-state index in [9.17, 15) is 14.4 Å². The molecule has 1 aromatic rings. The van der Waals surface area contributed by atoms with Gasteiger partial charge in [0, 0.05) is 32.7 Å². The normalized spacial score (nSPS) is 23.3. The molecule has 3 fully saturated rings. The van der Waals surface area contributed by atoms with E-state index in [2.05, 4.69) is 5.32 Å². The summed E-state index contributed by atoms with van der Waals surface area (Å²) in [6.45, 7) is 3.66. The van der Waals surface area contributed by atoms with Crippen molar-refractivity contribution in [2.24, 2.45) is 0 Å². The van der Waals surface area contributed by atoms with Crippen LogP contribution >= 0.6 is 0 Å². The van der Waals surface area contributed by atoms with Crippen LogP contribution in [0.3, 0.4) is 0 Å². The molecule has 0 spiro atoms. The number of nitrogens with one attached hydrogen (secondary N) is 1. The number of carbonyl (C=O) groups is 3. The molecule has 4 amide bonds. The van der Waals surface area contributed by atoms with Crippen LogP contribution in [0.5, 0.6) is 5.75 Å². The Kier molecular flexibility index (Phi) is 7.14. The third-order valence-corrected chi connectivity index (χ3v) is 6.50. The van der Waals surface area contributed by atoms with Crippen molar-refractivity contribution >= 4 is 17.8 Å². The summed E-state index contributed by atoms with van der Waals surface area (Å²) in [5, 5.41) is 2.96. The molecule has 3 aliphatic rings. The monoisotopic (exact) mass is 444 g/mol. The summed E-state index contributed by atoms with van der Waals surface area (Å²) in [6.07, 6.45) is 2.86. The van der Waals surface area contributed by atoms with E-state index in [0.29, 0.717) is 58.8 Å². The molecule has 0 bridgehead atoms. The van der Waals surface area contributed by atoms with Crippen LogP contribution in [-0.2, 0) is 20.9 Å². The van der Waals surface area contributed by atoms with Crippen molar-refractivity contribution < 1.29 is 23.9 Å². The van der Waals surface area contributed by atoms with Gasteiger partial charge in [-0.25, -0.2) is 4.79 Å². The third-order valence-electron chi connectivity index (χ3n) is 6.50. The number of amides is 4. The number of rotatable bonds is 5. The zero-order valence-electron chi connectivity index (χ0n) is 18.6. The number of likely N-dealkylation sites (tertiary alicyclic amines) is 2. The van der Waals surface area contributed by atoms with Gasteiger partial charge in [-0.1, -0.05) is 12.1 Å². The number of hydrogen-bond donors (Lipinski definition) is 1. The van der Waals surface area contributed by atoms with Gasteiger partial charge in [0.15, 0.2) is 0 Å². The van der Waals surface area contributed by atoms with Crippen molar-refractivity contribution in [1.29, 1.82) is 0 Å². The largest absolute Gasteiger partial charge is 0.497 e. The number of benzene rings is 1. The molecule has 2 atom stereocenters. The molecule has 174 valence electrons. The van der Waals surface area contributed by atoms with Gasteiger partial charge >= 0.3 is 6.03 Å². The molecular formula is C23H32N4O5. The van der Waals surface area contributed by atoms with Crippen LogP contribution in [0.25, 0.3) is 0 Å². The number of nitrogens with zero attached hydrogens (tertiary/aromatic N) is 3. The Morgan fingerprint density at radius 1 is 1.03 bits per heavy atom. The fraction of sp³-hybridized carbons (Fsp3) is 0.609. The number of morpholine rings is 1. The van der Waals surface area contributed by atoms with Crippen molar-refractivity contribution in [2.45, 2.75) is 44.3 Å². The summed E-state index contributed by atoms with van der Waals surface area (Å²) >= 11 is 0. The highest BCUT2D eigenvalue weighted by molar-refractivity contribution is 5.92. The Bertz CT molecular complexity index is 841. The molecule has 9 nitrogen and oxygen atoms in total. The predicted octanol–water partition coefficient (Wildman–Crippen LogP) is 1.22. The first kappa shape index (κ1) is 22.4. The lowest BCUT2D eigenvalue weighted by Gasteiger charge is -2.35. The summed E-state index contributed by atoms with van der Waals surface area (Å²) in [6, 6.07) is 6.47. The van der Waals surface area contributed by atoms with Crippen molar-refractivity contribution in [1.82, 2.24) is 20.0 Å². The highest BCUT2D eigenvalue weighted by Crippen LogP contribution is 2.26. The predicted molar refractivity (Wildman–Crippen MR) is 117 cm³/mol. The lowest BCUT2D eigenvalue weighted by atomic mass is 10.1. The van der Waals surface area contributed by atoms with Gasteiger partial charge in [0.2, 0.25) is 11.8 Å². The molecule has 0 aromatic heterocycles. The first-order chi connectivity index (χ1) is 15.6. The summed E-state index contributed by atoms with van der Waals surface area (Å²) in [5.41, 5.74) is 0.937. The van der Waals surface area contributed by atoms with Crippen LogP contribution in [0.4, 0.5) is 4.79 Å². The van der Waals surface area contributed by atoms with Crippen LogP contribution in [0.15, 0.2) is 24.3 Å². The van der Waals surface area contributed by atoms with E-state index in [1.54, 1.807) is 21.8 Å². The minimum absolute atomic E-state index is 0.0950. The zero-order valence-corrected chi connectivity index (χ0v) is 18.6. The van der Waals surface area contributed by atoms with Crippen LogP contribution in [0.1, 0.15) is 31.2 Å². The molecule has 0 radical (unpaired) electrons. The summed E-state index contributed by atoms with van der Waals surface area (Å²) < 4.78 is 10.6. The molecule has 4 rings (SSSR count). The summed E-state index contributed by atoms with van der Waals surface area (Å²) in [4.78, 5) is 44.5. The highest BCUT2D eigenvalue weighted by Gasteiger charge is 2.43. The second-order valence-corrected chi connectivity index (χ2v) is 8.49. The van der Waals surface area contributed by atoms with E-state index in [0.717, 1.165) is 24.2 Å². The molecule has 3 heterocycles.